The Hall–Kier alpha value is -0.870. The van der Waals surface area contributed by atoms with Gasteiger partial charge in [-0.05, 0) is 46.5 Å². The molecule has 0 unspecified atom stereocenters. The van der Waals surface area contributed by atoms with Crippen molar-refractivity contribution in [3.05, 3.63) is 34.8 Å². The number of rotatable bonds is 1. The van der Waals surface area contributed by atoms with Crippen LogP contribution in [0.3, 0.4) is 0 Å². The second-order valence-corrected chi connectivity index (χ2v) is 4.65. The maximum absolute atomic E-state index is 6.13. The summed E-state index contributed by atoms with van der Waals surface area (Å²) in [5.41, 5.74) is 8.37. The first-order chi connectivity index (χ1) is 6.69. The van der Waals surface area contributed by atoms with E-state index in [0.717, 1.165) is 23.0 Å². The van der Waals surface area contributed by atoms with E-state index >= 15 is 0 Å². The van der Waals surface area contributed by atoms with Gasteiger partial charge in [-0.25, -0.2) is 4.98 Å². The molecule has 1 saturated carbocycles. The average Bonchev–Trinajstić information content (AvgIpc) is 2.84. The second kappa shape index (κ2) is 2.58. The van der Waals surface area contributed by atoms with Crippen molar-refractivity contribution in [2.45, 2.75) is 18.4 Å². The van der Waals surface area contributed by atoms with Crippen LogP contribution in [0, 0.1) is 0 Å². The van der Waals surface area contributed by atoms with Gasteiger partial charge in [-0.2, -0.15) is 0 Å². The van der Waals surface area contributed by atoms with Gasteiger partial charge in [-0.15, -0.1) is 0 Å². The van der Waals surface area contributed by atoms with Gasteiger partial charge in [0.05, 0.1) is 5.52 Å². The molecule has 72 valence electrons. The minimum absolute atomic E-state index is 0.0640. The van der Waals surface area contributed by atoms with E-state index in [2.05, 4.69) is 33.0 Å². The van der Waals surface area contributed by atoms with E-state index < -0.39 is 0 Å². The molecule has 1 fully saturated rings. The highest BCUT2D eigenvalue weighted by Gasteiger charge is 2.40. The van der Waals surface area contributed by atoms with E-state index in [1.165, 1.54) is 5.56 Å². The van der Waals surface area contributed by atoms with Crippen LogP contribution in [0.2, 0.25) is 0 Å². The zero-order chi connectivity index (χ0) is 9.76. The molecule has 0 aromatic carbocycles. The molecule has 1 aliphatic rings. The van der Waals surface area contributed by atoms with Crippen molar-refractivity contribution in [2.75, 3.05) is 0 Å². The summed E-state index contributed by atoms with van der Waals surface area (Å²) < 4.78 is 2.86. The lowest BCUT2D eigenvalue weighted by molar-refractivity contribution is 0.739. The van der Waals surface area contributed by atoms with Gasteiger partial charge >= 0.3 is 0 Å². The van der Waals surface area contributed by atoms with Crippen LogP contribution in [-0.2, 0) is 5.54 Å². The molecule has 0 radical (unpaired) electrons. The van der Waals surface area contributed by atoms with E-state index in [0.29, 0.717) is 0 Å². The first-order valence-corrected chi connectivity index (χ1v) is 5.40. The average molecular weight is 252 g/mol. The number of hydrogen-bond acceptors (Lipinski definition) is 2. The first-order valence-electron chi connectivity index (χ1n) is 4.61. The molecular weight excluding hydrogens is 242 g/mol. The normalized spacial score (nSPS) is 18.7. The number of nitrogens with two attached hydrogens (primary N) is 1. The van der Waals surface area contributed by atoms with Crippen LogP contribution < -0.4 is 5.73 Å². The Morgan fingerprint density at radius 3 is 3.00 bits per heavy atom. The third kappa shape index (κ3) is 1.11. The summed E-state index contributed by atoms with van der Waals surface area (Å²) in [6.45, 7) is 0. The fourth-order valence-electron chi connectivity index (χ4n) is 1.69. The summed E-state index contributed by atoms with van der Waals surface area (Å²) in [5.74, 6) is 0. The third-order valence-corrected chi connectivity index (χ3v) is 3.47. The Kier molecular flexibility index (Phi) is 1.56. The molecule has 3 nitrogen and oxygen atoms in total. The molecule has 2 N–H and O–H groups in total. The fourth-order valence-corrected chi connectivity index (χ4v) is 2.10. The highest BCUT2D eigenvalue weighted by Crippen LogP contribution is 2.43. The largest absolute Gasteiger partial charge is 0.321 e. The van der Waals surface area contributed by atoms with Gasteiger partial charge in [0.15, 0.2) is 0 Å². The highest BCUT2D eigenvalue weighted by atomic mass is 79.9. The van der Waals surface area contributed by atoms with Gasteiger partial charge in [-0.1, -0.05) is 0 Å². The standard InChI is InChI=1S/C10H10BrN3/c11-9-8-5-7(10(12)2-3-10)1-4-14(8)6-13-9/h1,4-6H,2-3,12H2. The molecule has 3 rings (SSSR count). The van der Waals surface area contributed by atoms with E-state index in [1.807, 2.05) is 10.6 Å². The van der Waals surface area contributed by atoms with Gasteiger partial charge in [-0.3, -0.25) is 0 Å². The first kappa shape index (κ1) is 8.44. The Balaban J connectivity index is 2.23. The van der Waals surface area contributed by atoms with Crippen LogP contribution in [0.5, 0.6) is 0 Å². The van der Waals surface area contributed by atoms with Crippen LogP contribution in [0.15, 0.2) is 29.3 Å². The summed E-state index contributed by atoms with van der Waals surface area (Å²) in [7, 11) is 0. The van der Waals surface area contributed by atoms with Gasteiger partial charge in [0, 0.05) is 11.7 Å². The van der Waals surface area contributed by atoms with Gasteiger partial charge in [0.25, 0.3) is 0 Å². The zero-order valence-electron chi connectivity index (χ0n) is 7.57. The molecule has 2 aromatic heterocycles. The third-order valence-electron chi connectivity index (χ3n) is 2.86. The van der Waals surface area contributed by atoms with Crippen LogP contribution in [0.25, 0.3) is 5.52 Å². The molecular formula is C10H10BrN3. The zero-order valence-corrected chi connectivity index (χ0v) is 9.16. The maximum atomic E-state index is 6.13. The molecule has 0 atom stereocenters. The van der Waals surface area contributed by atoms with E-state index in [4.69, 9.17) is 5.73 Å². The minimum Gasteiger partial charge on any atom is -0.321 e. The molecule has 2 heterocycles. The van der Waals surface area contributed by atoms with Crippen LogP contribution in [0.1, 0.15) is 18.4 Å². The lowest BCUT2D eigenvalue weighted by Gasteiger charge is -2.08. The molecule has 0 spiro atoms. The fraction of sp³-hybridized carbons (Fsp3) is 0.300. The lowest BCUT2D eigenvalue weighted by Crippen LogP contribution is -2.18. The summed E-state index contributed by atoms with van der Waals surface area (Å²) in [4.78, 5) is 4.18. The Labute approximate surface area is 90.1 Å². The Bertz CT molecular complexity index is 499. The summed E-state index contributed by atoms with van der Waals surface area (Å²) in [5, 5.41) is 0. The van der Waals surface area contributed by atoms with E-state index in [-0.39, 0.29) is 5.54 Å². The van der Waals surface area contributed by atoms with E-state index in [9.17, 15) is 0 Å². The predicted molar refractivity (Wildman–Crippen MR) is 58.0 cm³/mol. The monoisotopic (exact) mass is 251 g/mol. The smallest absolute Gasteiger partial charge is 0.131 e. The topological polar surface area (TPSA) is 43.3 Å². The highest BCUT2D eigenvalue weighted by molar-refractivity contribution is 9.10. The van der Waals surface area contributed by atoms with Gasteiger partial charge in [0.2, 0.25) is 0 Å². The molecule has 4 heteroatoms. The van der Waals surface area contributed by atoms with Crippen LogP contribution in [0.4, 0.5) is 0 Å². The van der Waals surface area contributed by atoms with Crippen molar-refractivity contribution >= 4 is 21.4 Å². The maximum Gasteiger partial charge on any atom is 0.131 e. The molecule has 2 aromatic rings. The van der Waals surface area contributed by atoms with Crippen molar-refractivity contribution in [1.29, 1.82) is 0 Å². The summed E-state index contributed by atoms with van der Waals surface area (Å²) >= 11 is 3.42. The van der Waals surface area contributed by atoms with Crippen molar-refractivity contribution in [3.63, 3.8) is 0 Å². The molecule has 0 bridgehead atoms. The van der Waals surface area contributed by atoms with Crippen molar-refractivity contribution in [3.8, 4) is 0 Å². The van der Waals surface area contributed by atoms with Crippen molar-refractivity contribution in [1.82, 2.24) is 9.38 Å². The summed E-state index contributed by atoms with van der Waals surface area (Å²) in [6.07, 6.45) is 5.98. The number of nitrogens with zero attached hydrogens (tertiary/aromatic N) is 2. The minimum atomic E-state index is -0.0640. The number of fused-ring (bicyclic) bond motifs is 1. The Morgan fingerprint density at radius 1 is 1.50 bits per heavy atom. The van der Waals surface area contributed by atoms with Gasteiger partial charge < -0.3 is 10.1 Å². The molecule has 0 saturated heterocycles. The van der Waals surface area contributed by atoms with Crippen LogP contribution in [-0.4, -0.2) is 9.38 Å². The van der Waals surface area contributed by atoms with Crippen LogP contribution >= 0.6 is 15.9 Å². The SMILES string of the molecule is NC1(c2ccn3cnc(Br)c3c2)CC1. The molecule has 0 amide bonds. The summed E-state index contributed by atoms with van der Waals surface area (Å²) in [6, 6.07) is 4.19. The number of pyridine rings is 1. The Morgan fingerprint density at radius 2 is 2.29 bits per heavy atom. The van der Waals surface area contributed by atoms with E-state index in [1.54, 1.807) is 6.33 Å². The quantitative estimate of drug-likeness (QED) is 0.844. The molecule has 14 heavy (non-hydrogen) atoms. The molecule has 0 aliphatic heterocycles. The predicted octanol–water partition coefficient (Wildman–Crippen LogP) is 2.04. The number of hydrogen-bond donors (Lipinski definition) is 1. The number of halogens is 1. The number of imidazole rings is 1. The van der Waals surface area contributed by atoms with Gasteiger partial charge in [0.1, 0.15) is 10.9 Å². The number of aromatic nitrogens is 2. The van der Waals surface area contributed by atoms with Crippen molar-refractivity contribution < 1.29 is 0 Å². The second-order valence-electron chi connectivity index (χ2n) is 3.90. The lowest BCUT2D eigenvalue weighted by atomic mass is 10.1. The molecule has 1 aliphatic carbocycles. The van der Waals surface area contributed by atoms with Crippen molar-refractivity contribution in [2.24, 2.45) is 5.73 Å².